The molecule has 1 unspecified atom stereocenters. The molecule has 9 heteroatoms. The van der Waals surface area contributed by atoms with Crippen LogP contribution in [0, 0.1) is 0 Å². The summed E-state index contributed by atoms with van der Waals surface area (Å²) in [7, 11) is 0. The van der Waals surface area contributed by atoms with E-state index in [-0.39, 0.29) is 23.8 Å². The molecule has 0 spiro atoms. The Balaban J connectivity index is 1.28. The van der Waals surface area contributed by atoms with E-state index in [9.17, 15) is 19.5 Å². The third kappa shape index (κ3) is 5.17. The van der Waals surface area contributed by atoms with Crippen LogP contribution in [0.3, 0.4) is 0 Å². The number of carbonyl (C=O) groups excluding carboxylic acids is 3. The summed E-state index contributed by atoms with van der Waals surface area (Å²) in [6, 6.07) is 26.5. The summed E-state index contributed by atoms with van der Waals surface area (Å²) >= 11 is 1.26. The molecule has 37 heavy (non-hydrogen) atoms. The van der Waals surface area contributed by atoms with Crippen molar-refractivity contribution >= 4 is 29.5 Å². The lowest BCUT2D eigenvalue weighted by Gasteiger charge is -2.48. The monoisotopic (exact) mass is 516 g/mol. The normalized spacial score (nSPS) is 18.6. The van der Waals surface area contributed by atoms with Crippen molar-refractivity contribution in [1.82, 2.24) is 10.2 Å². The van der Waals surface area contributed by atoms with E-state index in [0.29, 0.717) is 5.75 Å². The molecule has 2 heterocycles. The van der Waals surface area contributed by atoms with E-state index in [1.807, 2.05) is 66.7 Å². The number of amides is 2. The number of thioether (sulfide) groups is 1. The zero-order valence-corrected chi connectivity index (χ0v) is 20.5. The van der Waals surface area contributed by atoms with Crippen LogP contribution in [-0.4, -0.2) is 51.6 Å². The van der Waals surface area contributed by atoms with Crippen LogP contribution in [0.15, 0.2) is 102 Å². The molecule has 0 aliphatic carbocycles. The quantitative estimate of drug-likeness (QED) is 0.348. The van der Waals surface area contributed by atoms with Crippen LogP contribution in [0.1, 0.15) is 17.2 Å². The first-order valence-electron chi connectivity index (χ1n) is 11.7. The van der Waals surface area contributed by atoms with Gasteiger partial charge >= 0.3 is 5.97 Å². The Hall–Kier alpha value is -4.24. The third-order valence-electron chi connectivity index (χ3n) is 6.00. The van der Waals surface area contributed by atoms with Gasteiger partial charge in [-0.2, -0.15) is 0 Å². The van der Waals surface area contributed by atoms with E-state index in [1.54, 1.807) is 24.3 Å². The molecule has 1 saturated heterocycles. The van der Waals surface area contributed by atoms with Gasteiger partial charge in [-0.15, -0.1) is 11.8 Å². The number of rotatable bonds is 8. The van der Waals surface area contributed by atoms with Gasteiger partial charge in [-0.1, -0.05) is 78.9 Å². The van der Waals surface area contributed by atoms with Crippen LogP contribution in [-0.2, 0) is 19.1 Å². The van der Waals surface area contributed by atoms with Crippen LogP contribution in [0.4, 0.5) is 0 Å². The van der Waals surface area contributed by atoms with Crippen LogP contribution < -0.4 is 10.1 Å². The van der Waals surface area contributed by atoms with Crippen molar-refractivity contribution in [3.8, 4) is 5.75 Å². The number of hydrogen-bond acceptors (Lipinski definition) is 7. The molecule has 2 aliphatic heterocycles. The van der Waals surface area contributed by atoms with E-state index < -0.39 is 35.3 Å². The number of aliphatic hydroxyl groups excluding tert-OH is 1. The van der Waals surface area contributed by atoms with Crippen molar-refractivity contribution in [2.24, 2.45) is 0 Å². The van der Waals surface area contributed by atoms with Crippen LogP contribution in [0.2, 0.25) is 0 Å². The lowest BCUT2D eigenvalue weighted by atomic mass is 10.0. The predicted octanol–water partition coefficient (Wildman–Crippen LogP) is 3.57. The molecular weight excluding hydrogens is 492 g/mol. The predicted molar refractivity (Wildman–Crippen MR) is 137 cm³/mol. The summed E-state index contributed by atoms with van der Waals surface area (Å²) in [6.45, 7) is -0.253. The minimum absolute atomic E-state index is 0.104. The minimum atomic E-state index is -0.841. The minimum Gasteiger partial charge on any atom is -0.509 e. The van der Waals surface area contributed by atoms with Crippen LogP contribution in [0.5, 0.6) is 5.75 Å². The number of carbonyl (C=O) groups is 3. The second kappa shape index (κ2) is 10.8. The molecule has 0 aromatic heterocycles. The van der Waals surface area contributed by atoms with Crippen molar-refractivity contribution in [3.63, 3.8) is 0 Å². The second-order valence-corrected chi connectivity index (χ2v) is 9.56. The fraction of sp³-hybridized carbons (Fsp3) is 0.179. The summed E-state index contributed by atoms with van der Waals surface area (Å²) in [5.74, 6) is -1.37. The molecule has 0 radical (unpaired) electrons. The number of fused-ring (bicyclic) bond motifs is 1. The highest BCUT2D eigenvalue weighted by Crippen LogP contribution is 2.41. The van der Waals surface area contributed by atoms with Crippen molar-refractivity contribution in [2.45, 2.75) is 17.5 Å². The smallest absolute Gasteiger partial charge is 0.359 e. The van der Waals surface area contributed by atoms with E-state index in [4.69, 9.17) is 9.47 Å². The van der Waals surface area contributed by atoms with E-state index in [2.05, 4.69) is 5.32 Å². The summed E-state index contributed by atoms with van der Waals surface area (Å²) in [5.41, 5.74) is 1.31. The molecule has 0 saturated carbocycles. The number of β-lactam (4-membered cyclic amide) rings is 1. The topological polar surface area (TPSA) is 105 Å². The number of nitrogens with one attached hydrogen (secondary N) is 1. The Kier molecular flexibility index (Phi) is 7.14. The zero-order chi connectivity index (χ0) is 25.8. The summed E-state index contributed by atoms with van der Waals surface area (Å²) in [5, 5.41) is 12.7. The highest BCUT2D eigenvalue weighted by Gasteiger charge is 2.55. The molecule has 2 N–H and O–H groups in total. The van der Waals surface area contributed by atoms with Gasteiger partial charge in [-0.3, -0.25) is 14.5 Å². The molecule has 0 bridgehead atoms. The van der Waals surface area contributed by atoms with Gasteiger partial charge in [0.2, 0.25) is 0 Å². The number of hydrogen-bond donors (Lipinski definition) is 2. The second-order valence-electron chi connectivity index (χ2n) is 8.46. The lowest BCUT2D eigenvalue weighted by Crippen LogP contribution is -2.71. The van der Waals surface area contributed by atoms with Crippen molar-refractivity contribution in [1.29, 1.82) is 0 Å². The average Bonchev–Trinajstić information content (AvgIpc) is 2.94. The summed E-state index contributed by atoms with van der Waals surface area (Å²) < 4.78 is 11.3. The van der Waals surface area contributed by atoms with Crippen LogP contribution >= 0.6 is 11.8 Å². The fourth-order valence-electron chi connectivity index (χ4n) is 4.22. The lowest BCUT2D eigenvalue weighted by molar-refractivity contribution is -0.155. The number of ether oxygens (including phenoxy) is 2. The number of benzene rings is 3. The van der Waals surface area contributed by atoms with E-state index in [1.165, 1.54) is 16.7 Å². The van der Waals surface area contributed by atoms with Gasteiger partial charge in [0, 0.05) is 0 Å². The molecule has 5 rings (SSSR count). The number of nitrogens with zero attached hydrogens (tertiary/aromatic N) is 1. The maximum Gasteiger partial charge on any atom is 0.359 e. The van der Waals surface area contributed by atoms with Gasteiger partial charge in [0.05, 0.1) is 5.75 Å². The van der Waals surface area contributed by atoms with Gasteiger partial charge in [0.15, 0.2) is 18.4 Å². The third-order valence-corrected chi connectivity index (χ3v) is 7.27. The Morgan fingerprint density at radius 3 is 2.11 bits per heavy atom. The van der Waals surface area contributed by atoms with E-state index >= 15 is 0 Å². The van der Waals surface area contributed by atoms with Gasteiger partial charge in [0.1, 0.15) is 22.9 Å². The maximum absolute atomic E-state index is 13.3. The molecule has 3 aromatic carbocycles. The molecule has 3 aromatic rings. The van der Waals surface area contributed by atoms with Crippen molar-refractivity contribution in [2.75, 3.05) is 12.4 Å². The average molecular weight is 517 g/mol. The van der Waals surface area contributed by atoms with Gasteiger partial charge in [-0.05, 0) is 23.3 Å². The van der Waals surface area contributed by atoms with E-state index in [0.717, 1.165) is 11.1 Å². The largest absolute Gasteiger partial charge is 0.509 e. The zero-order valence-electron chi connectivity index (χ0n) is 19.7. The highest BCUT2D eigenvalue weighted by atomic mass is 32.2. The first kappa shape index (κ1) is 24.5. The first-order chi connectivity index (χ1) is 18.0. The Morgan fingerprint density at radius 1 is 0.946 bits per heavy atom. The Bertz CT molecular complexity index is 1280. The van der Waals surface area contributed by atoms with Crippen molar-refractivity contribution in [3.05, 3.63) is 114 Å². The Morgan fingerprint density at radius 2 is 1.51 bits per heavy atom. The molecule has 1 fully saturated rings. The van der Waals surface area contributed by atoms with Crippen molar-refractivity contribution < 1.29 is 29.0 Å². The molecule has 188 valence electrons. The number of esters is 1. The molecular formula is C28H24N2O6S. The summed E-state index contributed by atoms with van der Waals surface area (Å²) in [4.78, 5) is 39.9. The Labute approximate surface area is 217 Å². The summed E-state index contributed by atoms with van der Waals surface area (Å²) in [6.07, 6.45) is -0.731. The molecule has 2 amide bonds. The number of para-hydroxylation sites is 1. The van der Waals surface area contributed by atoms with Gasteiger partial charge < -0.3 is 19.9 Å². The van der Waals surface area contributed by atoms with Crippen LogP contribution in [0.25, 0.3) is 0 Å². The molecule has 8 nitrogen and oxygen atoms in total. The highest BCUT2D eigenvalue weighted by molar-refractivity contribution is 8.00. The number of aliphatic hydroxyl groups is 1. The van der Waals surface area contributed by atoms with Gasteiger partial charge in [0.25, 0.3) is 11.8 Å². The first-order valence-corrected chi connectivity index (χ1v) is 12.7. The SMILES string of the molecule is O=C(COc1ccccc1)NC1C(=O)N2C(C(=O)OC(c3ccccc3)c3ccccc3)=C(O)CS[C@H]12. The molecule has 2 aliphatic rings. The maximum atomic E-state index is 13.3. The molecule has 2 atom stereocenters. The fourth-order valence-corrected chi connectivity index (χ4v) is 5.42. The van der Waals surface area contributed by atoms with Gasteiger partial charge in [-0.25, -0.2) is 4.79 Å². The standard InChI is InChI=1S/C28H24N2O6S/c31-21-17-37-27-23(29-22(32)16-35-20-14-8-3-9-15-20)26(33)30(27)24(21)28(34)36-25(18-10-4-1-5-11-18)19-12-6-2-7-13-19/h1-15,23,25,27,31H,16-17H2,(H,29,32)/t23?,27-/m1/s1.